The number of esters is 1. The van der Waals surface area contributed by atoms with E-state index in [1.54, 1.807) is 24.3 Å². The Hall–Kier alpha value is -3.47. The quantitative estimate of drug-likeness (QED) is 0.360. The number of carbonyl (C=O) groups is 3. The molecule has 0 heterocycles. The third-order valence-electron chi connectivity index (χ3n) is 4.64. The van der Waals surface area contributed by atoms with Crippen LogP contribution in [0.1, 0.15) is 39.6 Å². The first kappa shape index (κ1) is 20.3. The number of aryl methyl sites for hydroxylation is 1. The Labute approximate surface area is 169 Å². The van der Waals surface area contributed by atoms with Gasteiger partial charge in [0.25, 0.3) is 0 Å². The van der Waals surface area contributed by atoms with E-state index >= 15 is 0 Å². The Morgan fingerprint density at radius 3 is 2.38 bits per heavy atom. The van der Waals surface area contributed by atoms with Crippen LogP contribution in [0.3, 0.4) is 0 Å². The van der Waals surface area contributed by atoms with Crippen molar-refractivity contribution in [2.75, 3.05) is 13.2 Å². The van der Waals surface area contributed by atoms with Crippen molar-refractivity contribution in [1.82, 2.24) is 5.32 Å². The number of nitrogens with one attached hydrogen (secondary N) is 1. The van der Waals surface area contributed by atoms with Gasteiger partial charge in [-0.1, -0.05) is 60.7 Å². The van der Waals surface area contributed by atoms with Gasteiger partial charge in [0.1, 0.15) is 0 Å². The van der Waals surface area contributed by atoms with Gasteiger partial charge in [-0.2, -0.15) is 0 Å². The zero-order chi connectivity index (χ0) is 20.6. The molecule has 0 aliphatic heterocycles. The summed E-state index contributed by atoms with van der Waals surface area (Å²) in [6, 6.07) is 20.2. The predicted octanol–water partition coefficient (Wildman–Crippen LogP) is 3.95. The molecule has 148 valence electrons. The Bertz CT molecular complexity index is 1020. The summed E-state index contributed by atoms with van der Waals surface area (Å²) < 4.78 is 5.26. The van der Waals surface area contributed by atoms with Gasteiger partial charge in [0.2, 0.25) is 5.91 Å². The number of ketones is 1. The minimum Gasteiger partial charge on any atom is -0.454 e. The number of benzene rings is 3. The van der Waals surface area contributed by atoms with Gasteiger partial charge in [-0.05, 0) is 35.2 Å². The Balaban J connectivity index is 1.55. The van der Waals surface area contributed by atoms with Crippen LogP contribution in [0, 0.1) is 0 Å². The van der Waals surface area contributed by atoms with Crippen LogP contribution in [0.25, 0.3) is 10.8 Å². The lowest BCUT2D eigenvalue weighted by Gasteiger charge is -2.08. The summed E-state index contributed by atoms with van der Waals surface area (Å²) in [4.78, 5) is 35.7. The number of ether oxygens (including phenoxy) is 1. The molecule has 0 aliphatic carbocycles. The van der Waals surface area contributed by atoms with Crippen molar-refractivity contribution in [2.24, 2.45) is 0 Å². The highest BCUT2D eigenvalue weighted by atomic mass is 16.5. The van der Waals surface area contributed by atoms with E-state index in [1.807, 2.05) is 42.5 Å². The smallest absolute Gasteiger partial charge is 0.339 e. The fourth-order valence-corrected chi connectivity index (χ4v) is 3.11. The number of hydrogen-bond donors (Lipinski definition) is 1. The Morgan fingerprint density at radius 2 is 1.62 bits per heavy atom. The van der Waals surface area contributed by atoms with E-state index in [2.05, 4.69) is 5.32 Å². The molecule has 3 rings (SSSR count). The number of carbonyl (C=O) groups excluding carboxylic acids is 3. The van der Waals surface area contributed by atoms with Crippen LogP contribution in [0.15, 0.2) is 66.7 Å². The van der Waals surface area contributed by atoms with E-state index in [9.17, 15) is 14.4 Å². The van der Waals surface area contributed by atoms with Gasteiger partial charge in [0.15, 0.2) is 12.4 Å². The van der Waals surface area contributed by atoms with Crippen LogP contribution in [0.4, 0.5) is 0 Å². The van der Waals surface area contributed by atoms with Gasteiger partial charge >= 0.3 is 5.97 Å². The average molecular weight is 389 g/mol. The zero-order valence-electron chi connectivity index (χ0n) is 16.3. The van der Waals surface area contributed by atoms with Crippen molar-refractivity contribution in [3.8, 4) is 0 Å². The lowest BCUT2D eigenvalue weighted by atomic mass is 10.0. The van der Waals surface area contributed by atoms with E-state index in [4.69, 9.17) is 4.74 Å². The van der Waals surface area contributed by atoms with Crippen molar-refractivity contribution in [1.29, 1.82) is 0 Å². The molecule has 3 aromatic carbocycles. The minimum atomic E-state index is -0.509. The van der Waals surface area contributed by atoms with E-state index in [0.29, 0.717) is 17.7 Å². The summed E-state index contributed by atoms with van der Waals surface area (Å²) in [5, 5.41) is 4.50. The second kappa shape index (κ2) is 9.64. The van der Waals surface area contributed by atoms with Crippen molar-refractivity contribution >= 4 is 28.4 Å². The molecule has 0 unspecified atom stereocenters. The summed E-state index contributed by atoms with van der Waals surface area (Å²) >= 11 is 0. The normalized spacial score (nSPS) is 10.5. The van der Waals surface area contributed by atoms with E-state index in [-0.39, 0.29) is 18.3 Å². The molecule has 5 heteroatoms. The van der Waals surface area contributed by atoms with Crippen LogP contribution < -0.4 is 5.32 Å². The van der Waals surface area contributed by atoms with Crippen LogP contribution in [0.5, 0.6) is 0 Å². The van der Waals surface area contributed by atoms with Crippen LogP contribution >= 0.6 is 0 Å². The maximum Gasteiger partial charge on any atom is 0.339 e. The summed E-state index contributed by atoms with van der Waals surface area (Å²) in [6.45, 7) is 1.82. The highest BCUT2D eigenvalue weighted by molar-refractivity contribution is 6.05. The third-order valence-corrected chi connectivity index (χ3v) is 4.64. The molecule has 0 saturated heterocycles. The number of amides is 1. The van der Waals surface area contributed by atoms with Gasteiger partial charge in [-0.3, -0.25) is 9.59 Å². The highest BCUT2D eigenvalue weighted by Crippen LogP contribution is 2.19. The molecule has 0 saturated carbocycles. The maximum absolute atomic E-state index is 12.4. The molecule has 0 fully saturated rings. The first-order chi connectivity index (χ1) is 14.0. The largest absolute Gasteiger partial charge is 0.454 e. The Morgan fingerprint density at radius 1 is 0.897 bits per heavy atom. The van der Waals surface area contributed by atoms with E-state index in [1.165, 1.54) is 6.92 Å². The van der Waals surface area contributed by atoms with Gasteiger partial charge in [-0.15, -0.1) is 0 Å². The fraction of sp³-hybridized carbons (Fsp3) is 0.208. The van der Waals surface area contributed by atoms with Crippen molar-refractivity contribution < 1.29 is 19.1 Å². The molecule has 0 bridgehead atoms. The van der Waals surface area contributed by atoms with Crippen LogP contribution in [0.2, 0.25) is 0 Å². The van der Waals surface area contributed by atoms with Crippen LogP contribution in [-0.4, -0.2) is 30.8 Å². The lowest BCUT2D eigenvalue weighted by Crippen LogP contribution is -2.21. The summed E-state index contributed by atoms with van der Waals surface area (Å²) in [5.74, 6) is -0.794. The van der Waals surface area contributed by atoms with E-state index < -0.39 is 5.97 Å². The molecule has 0 aliphatic rings. The summed E-state index contributed by atoms with van der Waals surface area (Å²) in [7, 11) is 0. The van der Waals surface area contributed by atoms with Gasteiger partial charge in [-0.25, -0.2) is 4.79 Å². The molecule has 1 N–H and O–H groups in total. The molecule has 29 heavy (non-hydrogen) atoms. The third kappa shape index (κ3) is 5.51. The molecule has 0 atom stereocenters. The van der Waals surface area contributed by atoms with Crippen molar-refractivity contribution in [2.45, 2.75) is 19.8 Å². The highest BCUT2D eigenvalue weighted by Gasteiger charge is 2.14. The second-order valence-corrected chi connectivity index (χ2v) is 6.81. The molecular weight excluding hydrogens is 366 g/mol. The first-order valence-corrected chi connectivity index (χ1v) is 9.56. The maximum atomic E-state index is 12.4. The van der Waals surface area contributed by atoms with Gasteiger partial charge in [0, 0.05) is 19.0 Å². The van der Waals surface area contributed by atoms with Gasteiger partial charge < -0.3 is 10.1 Å². The molecule has 1 amide bonds. The minimum absolute atomic E-state index is 0.0380. The van der Waals surface area contributed by atoms with Gasteiger partial charge in [0.05, 0.1) is 5.56 Å². The SMILES string of the molecule is CC(=O)NCCCc1ccc(C(=O)COC(=O)c2cccc3ccccc23)cc1. The molecular formula is C24H23NO4. The summed E-state index contributed by atoms with van der Waals surface area (Å²) in [6.07, 6.45) is 1.64. The monoisotopic (exact) mass is 389 g/mol. The fourth-order valence-electron chi connectivity index (χ4n) is 3.11. The predicted molar refractivity (Wildman–Crippen MR) is 112 cm³/mol. The molecule has 5 nitrogen and oxygen atoms in total. The molecule has 0 radical (unpaired) electrons. The number of fused-ring (bicyclic) bond motifs is 1. The second-order valence-electron chi connectivity index (χ2n) is 6.81. The topological polar surface area (TPSA) is 72.5 Å². The number of rotatable bonds is 8. The van der Waals surface area contributed by atoms with Crippen molar-refractivity contribution in [3.05, 3.63) is 83.4 Å². The molecule has 0 spiro atoms. The zero-order valence-corrected chi connectivity index (χ0v) is 16.3. The number of hydrogen-bond acceptors (Lipinski definition) is 4. The lowest BCUT2D eigenvalue weighted by molar-refractivity contribution is -0.118. The average Bonchev–Trinajstić information content (AvgIpc) is 2.74. The van der Waals surface area contributed by atoms with Crippen LogP contribution in [-0.2, 0) is 16.0 Å². The molecule has 0 aromatic heterocycles. The Kier molecular flexibility index (Phi) is 6.74. The van der Waals surface area contributed by atoms with Crippen molar-refractivity contribution in [3.63, 3.8) is 0 Å². The van der Waals surface area contributed by atoms with E-state index in [0.717, 1.165) is 29.2 Å². The first-order valence-electron chi connectivity index (χ1n) is 9.56. The standard InChI is InChI=1S/C24H23NO4/c1-17(26)25-15-5-6-18-11-13-20(14-12-18)23(27)16-29-24(28)22-10-4-8-19-7-2-3-9-21(19)22/h2-4,7-14H,5-6,15-16H2,1H3,(H,25,26). The summed E-state index contributed by atoms with van der Waals surface area (Å²) in [5.41, 5.74) is 2.03. The number of Topliss-reactive ketones (excluding diaryl/α,β-unsaturated/α-hetero) is 1. The molecule has 3 aromatic rings.